The van der Waals surface area contributed by atoms with Crippen molar-refractivity contribution >= 4 is 5.97 Å². The lowest BCUT2D eigenvalue weighted by Crippen LogP contribution is -2.48. The molecule has 0 radical (unpaired) electrons. The topological polar surface area (TPSA) is 55.6 Å². The monoisotopic (exact) mass is 290 g/mol. The lowest BCUT2D eigenvalue weighted by atomic mass is 9.87. The van der Waals surface area contributed by atoms with Crippen LogP contribution in [0.3, 0.4) is 0 Å². The Hall–Kier alpha value is -1.39. The number of carbonyl (C=O) groups excluding carboxylic acids is 1. The third-order valence-corrected chi connectivity index (χ3v) is 4.54. The smallest absolute Gasteiger partial charge is 0.330 e. The third kappa shape index (κ3) is 3.44. The molecular formula is C17H26N2O2. The number of nitrogens with two attached hydrogens (primary N) is 1. The number of hydrogen-bond donors (Lipinski definition) is 1. The molecule has 0 amide bonds. The quantitative estimate of drug-likeness (QED) is 0.844. The molecule has 1 heterocycles. The van der Waals surface area contributed by atoms with Crippen LogP contribution >= 0.6 is 0 Å². The van der Waals surface area contributed by atoms with Crippen molar-refractivity contribution in [2.75, 3.05) is 20.2 Å². The van der Waals surface area contributed by atoms with E-state index < -0.39 is 5.54 Å². The van der Waals surface area contributed by atoms with E-state index in [4.69, 9.17) is 10.5 Å². The zero-order valence-corrected chi connectivity index (χ0v) is 13.2. The average molecular weight is 290 g/mol. The number of carbonyl (C=O) groups is 1. The molecule has 1 fully saturated rings. The molecule has 4 heteroatoms. The molecule has 0 spiro atoms. The fourth-order valence-corrected chi connectivity index (χ4v) is 3.30. The highest BCUT2D eigenvalue weighted by Crippen LogP contribution is 2.28. The van der Waals surface area contributed by atoms with Crippen LogP contribution in [0.4, 0.5) is 0 Å². The van der Waals surface area contributed by atoms with Crippen LogP contribution in [0.5, 0.6) is 0 Å². The molecular weight excluding hydrogens is 264 g/mol. The van der Waals surface area contributed by atoms with E-state index in [9.17, 15) is 4.79 Å². The molecule has 0 saturated carbocycles. The molecule has 1 aromatic rings. The number of likely N-dealkylation sites (tertiary alicyclic amines) is 1. The molecule has 2 N–H and O–H groups in total. The van der Waals surface area contributed by atoms with E-state index in [1.54, 1.807) is 0 Å². The fourth-order valence-electron chi connectivity index (χ4n) is 3.30. The Balaban J connectivity index is 2.12. The molecule has 1 saturated heterocycles. The normalized spacial score (nSPS) is 25.5. The summed E-state index contributed by atoms with van der Waals surface area (Å²) in [7, 11) is 1.40. The maximum Gasteiger partial charge on any atom is 0.330 e. The van der Waals surface area contributed by atoms with E-state index in [0.29, 0.717) is 18.4 Å². The minimum absolute atomic E-state index is 0.367. The number of nitrogens with zero attached hydrogens (tertiary/aromatic N) is 1. The lowest BCUT2D eigenvalue weighted by molar-refractivity contribution is -0.148. The van der Waals surface area contributed by atoms with Gasteiger partial charge in [0.2, 0.25) is 0 Å². The second-order valence-electron chi connectivity index (χ2n) is 6.26. The summed E-state index contributed by atoms with van der Waals surface area (Å²) in [6, 6.07) is 10.1. The molecule has 1 aromatic carbocycles. The van der Waals surface area contributed by atoms with Gasteiger partial charge in [0.1, 0.15) is 5.54 Å². The zero-order chi connectivity index (χ0) is 15.5. The van der Waals surface area contributed by atoms with Crippen molar-refractivity contribution < 1.29 is 9.53 Å². The van der Waals surface area contributed by atoms with Gasteiger partial charge < -0.3 is 15.4 Å². The summed E-state index contributed by atoms with van der Waals surface area (Å²) in [6.07, 6.45) is 1.78. The molecule has 3 unspecified atom stereocenters. The Morgan fingerprint density at radius 1 is 1.38 bits per heavy atom. The summed E-state index contributed by atoms with van der Waals surface area (Å²) < 4.78 is 4.95. The summed E-state index contributed by atoms with van der Waals surface area (Å²) in [4.78, 5) is 14.6. The van der Waals surface area contributed by atoms with Crippen LogP contribution in [0.1, 0.15) is 32.3 Å². The summed E-state index contributed by atoms with van der Waals surface area (Å²) >= 11 is 0. The molecule has 1 aliphatic heterocycles. The number of methoxy groups -OCH3 is 1. The first kappa shape index (κ1) is 16.0. The van der Waals surface area contributed by atoms with E-state index in [1.165, 1.54) is 13.5 Å². The van der Waals surface area contributed by atoms with E-state index in [1.807, 2.05) is 30.3 Å². The van der Waals surface area contributed by atoms with Crippen LogP contribution in [-0.4, -0.2) is 37.1 Å². The van der Waals surface area contributed by atoms with Gasteiger partial charge in [-0.3, -0.25) is 0 Å². The predicted octanol–water partition coefficient (Wildman–Crippen LogP) is 2.13. The molecule has 0 aliphatic carbocycles. The molecule has 21 heavy (non-hydrogen) atoms. The van der Waals surface area contributed by atoms with Gasteiger partial charge in [-0.2, -0.15) is 0 Å². The van der Waals surface area contributed by atoms with E-state index in [0.717, 1.165) is 18.7 Å². The highest BCUT2D eigenvalue weighted by atomic mass is 16.5. The van der Waals surface area contributed by atoms with Crippen molar-refractivity contribution in [3.05, 3.63) is 35.9 Å². The van der Waals surface area contributed by atoms with Crippen molar-refractivity contribution in [1.82, 2.24) is 4.90 Å². The summed E-state index contributed by atoms with van der Waals surface area (Å²) in [5, 5.41) is 0. The Morgan fingerprint density at radius 3 is 2.57 bits per heavy atom. The fraction of sp³-hybridized carbons (Fsp3) is 0.588. The lowest BCUT2D eigenvalue weighted by Gasteiger charge is -2.30. The minimum Gasteiger partial charge on any atom is -0.467 e. The van der Waals surface area contributed by atoms with E-state index in [2.05, 4.69) is 18.7 Å². The first-order valence-corrected chi connectivity index (χ1v) is 7.64. The van der Waals surface area contributed by atoms with Crippen molar-refractivity contribution in [2.45, 2.75) is 38.3 Å². The van der Waals surface area contributed by atoms with E-state index >= 15 is 0 Å². The number of esters is 1. The van der Waals surface area contributed by atoms with Crippen LogP contribution in [0, 0.1) is 5.92 Å². The molecule has 116 valence electrons. The van der Waals surface area contributed by atoms with Gasteiger partial charge >= 0.3 is 5.97 Å². The van der Waals surface area contributed by atoms with E-state index in [-0.39, 0.29) is 5.97 Å². The molecule has 0 aromatic heterocycles. The van der Waals surface area contributed by atoms with Crippen LogP contribution in [0.15, 0.2) is 30.3 Å². The van der Waals surface area contributed by atoms with Crippen LogP contribution in [-0.2, 0) is 15.1 Å². The van der Waals surface area contributed by atoms with Crippen molar-refractivity contribution in [1.29, 1.82) is 0 Å². The van der Waals surface area contributed by atoms with Gasteiger partial charge in [0, 0.05) is 19.1 Å². The molecule has 4 nitrogen and oxygen atoms in total. The largest absolute Gasteiger partial charge is 0.467 e. The molecule has 0 bridgehead atoms. The predicted molar refractivity (Wildman–Crippen MR) is 83.8 cm³/mol. The van der Waals surface area contributed by atoms with Gasteiger partial charge in [-0.15, -0.1) is 0 Å². The first-order chi connectivity index (χ1) is 9.97. The molecule has 2 rings (SSSR count). The van der Waals surface area contributed by atoms with Crippen LogP contribution in [0.25, 0.3) is 0 Å². The maximum absolute atomic E-state index is 12.2. The van der Waals surface area contributed by atoms with Gasteiger partial charge in [0.15, 0.2) is 0 Å². The highest BCUT2D eigenvalue weighted by Gasteiger charge is 2.38. The minimum atomic E-state index is -1.07. The molecule has 3 atom stereocenters. The maximum atomic E-state index is 12.2. The second-order valence-corrected chi connectivity index (χ2v) is 6.26. The summed E-state index contributed by atoms with van der Waals surface area (Å²) in [5.74, 6) is 0.343. The van der Waals surface area contributed by atoms with Crippen LogP contribution < -0.4 is 5.73 Å². The standard InChI is InChI=1S/C17H26N2O2/c1-13-11-14(2)19(12-13)10-9-17(18,16(20)21-3)15-7-5-4-6-8-15/h4-8,13-14H,9-12,18H2,1-3H3. The Morgan fingerprint density at radius 2 is 2.05 bits per heavy atom. The van der Waals surface area contributed by atoms with Gasteiger partial charge in [0.05, 0.1) is 7.11 Å². The van der Waals surface area contributed by atoms with Gasteiger partial charge in [0.25, 0.3) is 0 Å². The van der Waals surface area contributed by atoms with Gasteiger partial charge in [-0.1, -0.05) is 37.3 Å². The highest BCUT2D eigenvalue weighted by molar-refractivity contribution is 5.82. The summed E-state index contributed by atoms with van der Waals surface area (Å²) in [5.41, 5.74) is 6.18. The Bertz CT molecular complexity index is 477. The van der Waals surface area contributed by atoms with Crippen molar-refractivity contribution in [2.24, 2.45) is 11.7 Å². The summed E-state index contributed by atoms with van der Waals surface area (Å²) in [6.45, 7) is 6.39. The number of hydrogen-bond acceptors (Lipinski definition) is 4. The van der Waals surface area contributed by atoms with Crippen molar-refractivity contribution in [3.63, 3.8) is 0 Å². The number of rotatable bonds is 5. The third-order valence-electron chi connectivity index (χ3n) is 4.54. The Kier molecular flexibility index (Phi) is 5.01. The first-order valence-electron chi connectivity index (χ1n) is 7.64. The zero-order valence-electron chi connectivity index (χ0n) is 13.2. The Labute approximate surface area is 127 Å². The van der Waals surface area contributed by atoms with Gasteiger partial charge in [-0.25, -0.2) is 4.79 Å². The number of ether oxygens (including phenoxy) is 1. The van der Waals surface area contributed by atoms with Crippen LogP contribution in [0.2, 0.25) is 0 Å². The van der Waals surface area contributed by atoms with Crippen molar-refractivity contribution in [3.8, 4) is 0 Å². The second kappa shape index (κ2) is 6.58. The number of benzene rings is 1. The van der Waals surface area contributed by atoms with Gasteiger partial charge in [-0.05, 0) is 31.2 Å². The average Bonchev–Trinajstić information content (AvgIpc) is 2.82. The SMILES string of the molecule is COC(=O)C(N)(CCN1CC(C)CC1C)c1ccccc1. The molecule has 1 aliphatic rings.